The van der Waals surface area contributed by atoms with Gasteiger partial charge in [-0.15, -0.1) is 0 Å². The number of halogens is 1. The highest BCUT2D eigenvalue weighted by molar-refractivity contribution is 6.30. The SMILES string of the molecule is CC(C)(C)C1CCN(c2ncc(Cl)cc2N)C1. The minimum absolute atomic E-state index is 0.343. The molecule has 0 aliphatic carbocycles. The summed E-state index contributed by atoms with van der Waals surface area (Å²) in [6.45, 7) is 8.93. The first kappa shape index (κ1) is 12.5. The number of aromatic nitrogens is 1. The van der Waals surface area contributed by atoms with Crippen molar-refractivity contribution in [1.29, 1.82) is 0 Å². The highest BCUT2D eigenvalue weighted by atomic mass is 35.5. The quantitative estimate of drug-likeness (QED) is 0.836. The molecule has 0 bridgehead atoms. The molecule has 1 atom stereocenters. The van der Waals surface area contributed by atoms with Crippen LogP contribution in [0.25, 0.3) is 0 Å². The summed E-state index contributed by atoms with van der Waals surface area (Å²) in [5, 5.41) is 0.595. The molecule has 3 nitrogen and oxygen atoms in total. The fourth-order valence-electron chi connectivity index (χ4n) is 2.37. The van der Waals surface area contributed by atoms with E-state index in [9.17, 15) is 0 Å². The van der Waals surface area contributed by atoms with Gasteiger partial charge in [-0.05, 0) is 23.8 Å². The third-order valence-corrected chi connectivity index (χ3v) is 3.78. The van der Waals surface area contributed by atoms with Crippen molar-refractivity contribution < 1.29 is 0 Å². The van der Waals surface area contributed by atoms with Crippen molar-refractivity contribution in [3.63, 3.8) is 0 Å². The van der Waals surface area contributed by atoms with Gasteiger partial charge in [-0.25, -0.2) is 4.98 Å². The van der Waals surface area contributed by atoms with Crippen molar-refractivity contribution in [2.45, 2.75) is 27.2 Å². The van der Waals surface area contributed by atoms with Crippen molar-refractivity contribution in [3.05, 3.63) is 17.3 Å². The smallest absolute Gasteiger partial charge is 0.151 e. The molecule has 1 unspecified atom stereocenters. The molecule has 1 fully saturated rings. The number of nitrogens with two attached hydrogens (primary N) is 1. The van der Waals surface area contributed by atoms with Crippen molar-refractivity contribution in [1.82, 2.24) is 4.98 Å². The van der Waals surface area contributed by atoms with E-state index in [1.54, 1.807) is 12.3 Å². The molecule has 0 saturated carbocycles. The van der Waals surface area contributed by atoms with Gasteiger partial charge in [-0.1, -0.05) is 32.4 Å². The number of nitrogens with zero attached hydrogens (tertiary/aromatic N) is 2. The molecule has 94 valence electrons. The van der Waals surface area contributed by atoms with Crippen molar-refractivity contribution in [2.75, 3.05) is 23.7 Å². The Morgan fingerprint density at radius 3 is 2.71 bits per heavy atom. The van der Waals surface area contributed by atoms with Gasteiger partial charge in [0.15, 0.2) is 5.82 Å². The van der Waals surface area contributed by atoms with Crippen LogP contribution in [0.3, 0.4) is 0 Å². The van der Waals surface area contributed by atoms with Crippen molar-refractivity contribution >= 4 is 23.1 Å². The zero-order chi connectivity index (χ0) is 12.6. The van der Waals surface area contributed by atoms with Crippen molar-refractivity contribution in [3.8, 4) is 0 Å². The molecule has 2 rings (SSSR count). The first-order valence-electron chi connectivity index (χ1n) is 6.04. The van der Waals surface area contributed by atoms with Gasteiger partial charge < -0.3 is 10.6 Å². The van der Waals surface area contributed by atoms with Crippen LogP contribution in [-0.4, -0.2) is 18.1 Å². The standard InChI is InChI=1S/C13H20ClN3/c1-13(2,3)9-4-5-17(8-9)12-11(15)6-10(14)7-16-12/h6-7,9H,4-5,8,15H2,1-3H3. The lowest BCUT2D eigenvalue weighted by molar-refractivity contribution is 0.263. The van der Waals surface area contributed by atoms with Gasteiger partial charge in [0.05, 0.1) is 10.7 Å². The van der Waals surface area contributed by atoms with E-state index in [-0.39, 0.29) is 0 Å². The second-order valence-electron chi connectivity index (χ2n) is 5.86. The topological polar surface area (TPSA) is 42.2 Å². The van der Waals surface area contributed by atoms with Crippen LogP contribution in [0.15, 0.2) is 12.3 Å². The van der Waals surface area contributed by atoms with Crippen LogP contribution < -0.4 is 10.6 Å². The number of hydrogen-bond acceptors (Lipinski definition) is 3. The predicted octanol–water partition coefficient (Wildman–Crippen LogP) is 3.19. The zero-order valence-corrected chi connectivity index (χ0v) is 11.5. The maximum absolute atomic E-state index is 5.97. The van der Waals surface area contributed by atoms with E-state index in [0.29, 0.717) is 22.0 Å². The third-order valence-electron chi connectivity index (χ3n) is 3.57. The molecular weight excluding hydrogens is 234 g/mol. The second kappa shape index (κ2) is 4.37. The Morgan fingerprint density at radius 2 is 2.18 bits per heavy atom. The van der Waals surface area contributed by atoms with E-state index < -0.39 is 0 Å². The normalized spacial score (nSPS) is 20.9. The molecule has 1 saturated heterocycles. The van der Waals surface area contributed by atoms with Crippen LogP contribution in [0, 0.1) is 11.3 Å². The average molecular weight is 254 g/mol. The lowest BCUT2D eigenvalue weighted by Crippen LogP contribution is -2.26. The van der Waals surface area contributed by atoms with E-state index in [1.165, 1.54) is 6.42 Å². The van der Waals surface area contributed by atoms with E-state index in [2.05, 4.69) is 30.7 Å². The molecule has 4 heteroatoms. The Balaban J connectivity index is 2.15. The fraction of sp³-hybridized carbons (Fsp3) is 0.615. The molecule has 0 aromatic carbocycles. The summed E-state index contributed by atoms with van der Waals surface area (Å²) in [7, 11) is 0. The molecule has 0 amide bonds. The third kappa shape index (κ3) is 2.65. The fourth-order valence-corrected chi connectivity index (χ4v) is 2.54. The molecule has 2 N–H and O–H groups in total. The van der Waals surface area contributed by atoms with Crippen LogP contribution >= 0.6 is 11.6 Å². The molecule has 1 aromatic rings. The van der Waals surface area contributed by atoms with Gasteiger partial charge in [-0.2, -0.15) is 0 Å². The summed E-state index contributed by atoms with van der Waals surface area (Å²) in [6, 6.07) is 1.77. The maximum Gasteiger partial charge on any atom is 0.151 e. The van der Waals surface area contributed by atoms with Gasteiger partial charge in [0.25, 0.3) is 0 Å². The molecule has 17 heavy (non-hydrogen) atoms. The Labute approximate surface area is 108 Å². The van der Waals surface area contributed by atoms with Gasteiger partial charge in [-0.3, -0.25) is 0 Å². The van der Waals surface area contributed by atoms with Gasteiger partial charge in [0.2, 0.25) is 0 Å². The van der Waals surface area contributed by atoms with Crippen LogP contribution in [0.2, 0.25) is 5.02 Å². The highest BCUT2D eigenvalue weighted by Crippen LogP contribution is 2.36. The van der Waals surface area contributed by atoms with Gasteiger partial charge >= 0.3 is 0 Å². The second-order valence-corrected chi connectivity index (χ2v) is 6.30. The zero-order valence-electron chi connectivity index (χ0n) is 10.7. The average Bonchev–Trinajstić information content (AvgIpc) is 2.65. The van der Waals surface area contributed by atoms with Gasteiger partial charge in [0, 0.05) is 19.3 Å². The number of nitrogen functional groups attached to an aromatic ring is 1. The minimum Gasteiger partial charge on any atom is -0.396 e. The number of hydrogen-bond donors (Lipinski definition) is 1. The number of pyridine rings is 1. The van der Waals surface area contributed by atoms with Crippen LogP contribution in [-0.2, 0) is 0 Å². The lowest BCUT2D eigenvalue weighted by Gasteiger charge is -2.27. The molecule has 1 aromatic heterocycles. The number of anilines is 2. The summed E-state index contributed by atoms with van der Waals surface area (Å²) >= 11 is 5.86. The number of rotatable bonds is 1. The molecule has 1 aliphatic heterocycles. The van der Waals surface area contributed by atoms with E-state index >= 15 is 0 Å². The van der Waals surface area contributed by atoms with Crippen LogP contribution in [0.1, 0.15) is 27.2 Å². The highest BCUT2D eigenvalue weighted by Gasteiger charge is 2.32. The predicted molar refractivity (Wildman–Crippen MR) is 73.4 cm³/mol. The largest absolute Gasteiger partial charge is 0.396 e. The first-order chi connectivity index (χ1) is 7.88. The van der Waals surface area contributed by atoms with Crippen LogP contribution in [0.4, 0.5) is 11.5 Å². The maximum atomic E-state index is 5.97. The molecule has 0 spiro atoms. The first-order valence-corrected chi connectivity index (χ1v) is 6.41. The Hall–Kier alpha value is -0.960. The molecular formula is C13H20ClN3. The lowest BCUT2D eigenvalue weighted by atomic mass is 9.80. The van der Waals surface area contributed by atoms with Crippen LogP contribution in [0.5, 0.6) is 0 Å². The molecule has 0 radical (unpaired) electrons. The molecule has 1 aliphatic rings. The summed E-state index contributed by atoms with van der Waals surface area (Å²) in [4.78, 5) is 6.61. The summed E-state index contributed by atoms with van der Waals surface area (Å²) < 4.78 is 0. The minimum atomic E-state index is 0.343. The van der Waals surface area contributed by atoms with E-state index in [0.717, 1.165) is 18.9 Å². The van der Waals surface area contributed by atoms with E-state index in [1.807, 2.05) is 0 Å². The Bertz CT molecular complexity index is 412. The summed E-state index contributed by atoms with van der Waals surface area (Å²) in [5.41, 5.74) is 6.98. The monoisotopic (exact) mass is 253 g/mol. The summed E-state index contributed by atoms with van der Waals surface area (Å²) in [5.74, 6) is 1.57. The molecule has 2 heterocycles. The Kier molecular flexibility index (Phi) is 3.21. The summed E-state index contributed by atoms with van der Waals surface area (Å²) in [6.07, 6.45) is 2.87. The van der Waals surface area contributed by atoms with Crippen molar-refractivity contribution in [2.24, 2.45) is 11.3 Å². The van der Waals surface area contributed by atoms with E-state index in [4.69, 9.17) is 17.3 Å². The van der Waals surface area contributed by atoms with Gasteiger partial charge in [0.1, 0.15) is 0 Å². The Morgan fingerprint density at radius 1 is 1.47 bits per heavy atom.